The number of hydrogen-bond donors (Lipinski definition) is 1. The summed E-state index contributed by atoms with van der Waals surface area (Å²) in [6.07, 6.45) is 0.350. The van der Waals surface area contributed by atoms with Gasteiger partial charge in [0.15, 0.2) is 5.96 Å². The molecule has 0 atom stereocenters. The molecule has 0 aliphatic carbocycles. The quantitative estimate of drug-likeness (QED) is 0.353. The molecule has 0 unspecified atom stereocenters. The van der Waals surface area contributed by atoms with E-state index in [1.165, 1.54) is 6.07 Å². The number of hydrogen-bond acceptors (Lipinski definition) is 3. The molecule has 28 heavy (non-hydrogen) atoms. The summed E-state index contributed by atoms with van der Waals surface area (Å²) in [5.74, 6) is 1.23. The third-order valence-electron chi connectivity index (χ3n) is 4.16. The zero-order chi connectivity index (χ0) is 19.8. The maximum atomic E-state index is 13.7. The number of nitrogens with zero attached hydrogens (tertiary/aromatic N) is 2. The van der Waals surface area contributed by atoms with E-state index in [4.69, 9.17) is 9.47 Å². The predicted octanol–water partition coefficient (Wildman–Crippen LogP) is 3.85. The first-order chi connectivity index (χ1) is 13.0. The molecule has 154 valence electrons. The Kier molecular flexibility index (Phi) is 9.98. The lowest BCUT2D eigenvalue weighted by Crippen LogP contribution is -2.39. The van der Waals surface area contributed by atoms with Crippen LogP contribution in [0.4, 0.5) is 8.78 Å². The van der Waals surface area contributed by atoms with Gasteiger partial charge >= 0.3 is 0 Å². The third-order valence-corrected chi connectivity index (χ3v) is 4.16. The van der Waals surface area contributed by atoms with Gasteiger partial charge in [-0.05, 0) is 42.3 Å². The predicted molar refractivity (Wildman–Crippen MR) is 118 cm³/mol. The second kappa shape index (κ2) is 11.7. The molecule has 0 saturated heterocycles. The molecule has 0 aliphatic rings. The minimum atomic E-state index is -0.445. The van der Waals surface area contributed by atoms with Crippen LogP contribution in [0.5, 0.6) is 11.5 Å². The fourth-order valence-electron chi connectivity index (χ4n) is 2.74. The second-order valence-corrected chi connectivity index (χ2v) is 5.99. The molecule has 0 spiro atoms. The van der Waals surface area contributed by atoms with Crippen molar-refractivity contribution in [3.8, 4) is 11.5 Å². The normalized spacial score (nSPS) is 10.9. The van der Waals surface area contributed by atoms with E-state index < -0.39 is 11.6 Å². The maximum absolute atomic E-state index is 13.7. The van der Waals surface area contributed by atoms with Crippen LogP contribution in [0, 0.1) is 11.6 Å². The summed E-state index contributed by atoms with van der Waals surface area (Å²) in [6.45, 7) is 0.984. The number of nitrogens with one attached hydrogen (secondary N) is 1. The summed E-state index contributed by atoms with van der Waals surface area (Å²) >= 11 is 0. The zero-order valence-electron chi connectivity index (χ0n) is 16.5. The SMILES string of the molecule is CN=C(NCCc1cc(F)ccc1F)N(C)Cc1ccc(OC)cc1OC.I. The number of benzene rings is 2. The van der Waals surface area contributed by atoms with E-state index in [-0.39, 0.29) is 24.0 Å². The van der Waals surface area contributed by atoms with Gasteiger partial charge in [-0.25, -0.2) is 8.78 Å². The highest BCUT2D eigenvalue weighted by molar-refractivity contribution is 14.0. The van der Waals surface area contributed by atoms with Crippen LogP contribution >= 0.6 is 24.0 Å². The van der Waals surface area contributed by atoms with Crippen LogP contribution in [0.25, 0.3) is 0 Å². The molecule has 5 nitrogen and oxygen atoms in total. The molecule has 0 fully saturated rings. The molecule has 2 aromatic carbocycles. The Balaban J connectivity index is 0.00000392. The van der Waals surface area contributed by atoms with Crippen molar-refractivity contribution in [3.63, 3.8) is 0 Å². The number of guanidine groups is 1. The summed E-state index contributed by atoms with van der Waals surface area (Å²) in [5.41, 5.74) is 1.30. The minimum Gasteiger partial charge on any atom is -0.497 e. The first-order valence-corrected chi connectivity index (χ1v) is 8.55. The monoisotopic (exact) mass is 505 g/mol. The smallest absolute Gasteiger partial charge is 0.193 e. The Bertz CT molecular complexity index is 803. The van der Waals surface area contributed by atoms with Crippen LogP contribution in [0.2, 0.25) is 0 Å². The first-order valence-electron chi connectivity index (χ1n) is 8.55. The molecule has 0 radical (unpaired) electrons. The van der Waals surface area contributed by atoms with E-state index in [0.717, 1.165) is 29.2 Å². The number of aliphatic imine (C=N–C) groups is 1. The van der Waals surface area contributed by atoms with E-state index >= 15 is 0 Å². The summed E-state index contributed by atoms with van der Waals surface area (Å²) in [6, 6.07) is 9.10. The lowest BCUT2D eigenvalue weighted by Gasteiger charge is -2.23. The molecule has 2 rings (SSSR count). The molecule has 0 aromatic heterocycles. The van der Waals surface area contributed by atoms with Gasteiger partial charge in [0.25, 0.3) is 0 Å². The van der Waals surface area contributed by atoms with Crippen molar-refractivity contribution in [3.05, 3.63) is 59.2 Å². The second-order valence-electron chi connectivity index (χ2n) is 5.99. The Morgan fingerprint density at radius 3 is 2.46 bits per heavy atom. The molecule has 0 aliphatic heterocycles. The Hall–Kier alpha value is -2.10. The number of ether oxygens (including phenoxy) is 2. The van der Waals surface area contributed by atoms with E-state index in [2.05, 4.69) is 10.3 Å². The lowest BCUT2D eigenvalue weighted by atomic mass is 10.1. The third kappa shape index (κ3) is 6.50. The van der Waals surface area contributed by atoms with E-state index in [9.17, 15) is 8.78 Å². The van der Waals surface area contributed by atoms with Crippen molar-refractivity contribution in [2.24, 2.45) is 4.99 Å². The van der Waals surface area contributed by atoms with Crippen LogP contribution in [0.3, 0.4) is 0 Å². The highest BCUT2D eigenvalue weighted by atomic mass is 127. The summed E-state index contributed by atoms with van der Waals surface area (Å²) in [5, 5.41) is 3.17. The molecular weight excluding hydrogens is 479 g/mol. The van der Waals surface area contributed by atoms with Gasteiger partial charge in [0.2, 0.25) is 0 Å². The van der Waals surface area contributed by atoms with Gasteiger partial charge in [0.1, 0.15) is 23.1 Å². The number of rotatable bonds is 7. The van der Waals surface area contributed by atoms with E-state index in [0.29, 0.717) is 31.0 Å². The van der Waals surface area contributed by atoms with Crippen molar-refractivity contribution >= 4 is 29.9 Å². The van der Waals surface area contributed by atoms with Gasteiger partial charge in [0.05, 0.1) is 14.2 Å². The molecule has 0 saturated carbocycles. The van der Waals surface area contributed by atoms with Gasteiger partial charge in [-0.2, -0.15) is 0 Å². The summed E-state index contributed by atoms with van der Waals surface area (Å²) < 4.78 is 37.6. The Labute approximate surface area is 181 Å². The van der Waals surface area contributed by atoms with Crippen molar-refractivity contribution in [2.75, 3.05) is 34.9 Å². The van der Waals surface area contributed by atoms with Gasteiger partial charge in [-0.1, -0.05) is 0 Å². The Morgan fingerprint density at radius 2 is 1.82 bits per heavy atom. The maximum Gasteiger partial charge on any atom is 0.193 e. The van der Waals surface area contributed by atoms with Crippen LogP contribution in [-0.4, -0.2) is 45.7 Å². The molecule has 8 heteroatoms. The zero-order valence-corrected chi connectivity index (χ0v) is 18.8. The van der Waals surface area contributed by atoms with Crippen molar-refractivity contribution in [1.82, 2.24) is 10.2 Å². The van der Waals surface area contributed by atoms with E-state index in [1.54, 1.807) is 21.3 Å². The fraction of sp³-hybridized carbons (Fsp3) is 0.350. The van der Waals surface area contributed by atoms with Crippen LogP contribution in [0.15, 0.2) is 41.4 Å². The average Bonchev–Trinajstić information content (AvgIpc) is 2.68. The first kappa shape index (κ1) is 23.9. The standard InChI is InChI=1S/C20H25F2N3O2.HI/c1-23-20(24-10-9-14-11-16(21)6-8-18(14)22)25(2)13-15-5-7-17(26-3)12-19(15)27-4;/h5-8,11-12H,9-10,13H2,1-4H3,(H,23,24);1H. The van der Waals surface area contributed by atoms with Crippen molar-refractivity contribution < 1.29 is 18.3 Å². The molecule has 0 bridgehead atoms. The highest BCUT2D eigenvalue weighted by Gasteiger charge is 2.12. The summed E-state index contributed by atoms with van der Waals surface area (Å²) in [7, 11) is 6.78. The molecule has 2 aromatic rings. The van der Waals surface area contributed by atoms with Crippen molar-refractivity contribution in [1.29, 1.82) is 0 Å². The average molecular weight is 505 g/mol. The van der Waals surface area contributed by atoms with Crippen LogP contribution < -0.4 is 14.8 Å². The van der Waals surface area contributed by atoms with Crippen molar-refractivity contribution in [2.45, 2.75) is 13.0 Å². The van der Waals surface area contributed by atoms with Crippen LogP contribution in [0.1, 0.15) is 11.1 Å². The molecule has 0 amide bonds. The van der Waals surface area contributed by atoms with Crippen LogP contribution in [-0.2, 0) is 13.0 Å². The largest absolute Gasteiger partial charge is 0.497 e. The van der Waals surface area contributed by atoms with Gasteiger partial charge in [-0.3, -0.25) is 4.99 Å². The highest BCUT2D eigenvalue weighted by Crippen LogP contribution is 2.25. The topological polar surface area (TPSA) is 46.1 Å². The molecule has 1 N–H and O–H groups in total. The van der Waals surface area contributed by atoms with Gasteiger partial charge < -0.3 is 19.7 Å². The molecule has 0 heterocycles. The summed E-state index contributed by atoms with van der Waals surface area (Å²) in [4.78, 5) is 6.17. The lowest BCUT2D eigenvalue weighted by molar-refractivity contribution is 0.382. The Morgan fingerprint density at radius 1 is 1.07 bits per heavy atom. The fourth-order valence-corrected chi connectivity index (χ4v) is 2.74. The van der Waals surface area contributed by atoms with Gasteiger partial charge in [0, 0.05) is 38.8 Å². The molecular formula is C20H26F2IN3O2. The van der Waals surface area contributed by atoms with E-state index in [1.807, 2.05) is 30.1 Å². The van der Waals surface area contributed by atoms with Gasteiger partial charge in [-0.15, -0.1) is 24.0 Å². The number of halogens is 3. The minimum absolute atomic E-state index is 0. The number of methoxy groups -OCH3 is 2.